The van der Waals surface area contributed by atoms with Crippen LogP contribution < -0.4 is 16.6 Å². The molecule has 0 fully saturated rings. The zero-order valence-corrected chi connectivity index (χ0v) is 19.4. The molecule has 0 saturated heterocycles. The fraction of sp³-hybridized carbons (Fsp3) is 0.238. The number of aromatic nitrogens is 3. The molecule has 0 aliphatic rings. The number of nitrogens with zero attached hydrogens (tertiary/aromatic N) is 3. The molecule has 4 aromatic rings. The second-order valence-corrected chi connectivity index (χ2v) is 9.81. The Kier molecular flexibility index (Phi) is 6.40. The molecular weight excluding hydrogens is 452 g/mol. The van der Waals surface area contributed by atoms with Gasteiger partial charge in [0.05, 0.1) is 12.2 Å². The Morgan fingerprint density at radius 3 is 2.61 bits per heavy atom. The first-order valence-corrected chi connectivity index (χ1v) is 12.5. The minimum atomic E-state index is -0.578. The molecule has 0 aliphatic carbocycles. The minimum absolute atomic E-state index is 0.217. The van der Waals surface area contributed by atoms with Gasteiger partial charge in [-0.25, -0.2) is 14.3 Å². The van der Waals surface area contributed by atoms with Crippen molar-refractivity contribution in [1.82, 2.24) is 19.4 Å². The van der Waals surface area contributed by atoms with Crippen LogP contribution in [0.3, 0.4) is 0 Å². The van der Waals surface area contributed by atoms with Gasteiger partial charge in [-0.05, 0) is 41.8 Å². The number of thiazole rings is 1. The molecule has 0 spiro atoms. The van der Waals surface area contributed by atoms with E-state index in [9.17, 15) is 14.4 Å². The first kappa shape index (κ1) is 21.5. The molecule has 31 heavy (non-hydrogen) atoms. The molecule has 0 aliphatic heterocycles. The molecule has 4 rings (SSSR count). The number of carbonyl (C=O) groups excluding carboxylic acids is 1. The predicted molar refractivity (Wildman–Crippen MR) is 127 cm³/mol. The number of thiophene rings is 1. The van der Waals surface area contributed by atoms with E-state index in [0.29, 0.717) is 21.3 Å². The molecule has 1 aromatic carbocycles. The number of amides is 1. The lowest BCUT2D eigenvalue weighted by atomic mass is 10.1. The fourth-order valence-corrected chi connectivity index (χ4v) is 5.29. The normalized spacial score (nSPS) is 11.2. The lowest BCUT2D eigenvalue weighted by Crippen LogP contribution is -2.41. The van der Waals surface area contributed by atoms with Crippen LogP contribution in [0.1, 0.15) is 17.4 Å². The Morgan fingerprint density at radius 2 is 1.97 bits per heavy atom. The summed E-state index contributed by atoms with van der Waals surface area (Å²) in [4.78, 5) is 44.6. The molecule has 0 bridgehead atoms. The highest BCUT2D eigenvalue weighted by Gasteiger charge is 2.20. The topological polar surface area (TPSA) is 86.0 Å². The number of hydrogen-bond donors (Lipinski definition) is 1. The van der Waals surface area contributed by atoms with Gasteiger partial charge in [-0.2, -0.15) is 0 Å². The van der Waals surface area contributed by atoms with Gasteiger partial charge >= 0.3 is 5.69 Å². The van der Waals surface area contributed by atoms with Crippen LogP contribution in [0, 0.1) is 0 Å². The van der Waals surface area contributed by atoms with Gasteiger partial charge in [0.2, 0.25) is 5.91 Å². The summed E-state index contributed by atoms with van der Waals surface area (Å²) in [7, 11) is 0. The third kappa shape index (κ3) is 4.36. The van der Waals surface area contributed by atoms with Crippen molar-refractivity contribution in [2.24, 2.45) is 0 Å². The highest BCUT2D eigenvalue weighted by molar-refractivity contribution is 8.00. The van der Waals surface area contributed by atoms with Gasteiger partial charge in [0.25, 0.3) is 5.56 Å². The monoisotopic (exact) mass is 472 g/mol. The standard InChI is InChI=1S/C21H20N4O3S3/c1-3-13-6-8-14(9-7-13)25-19(27)17-18(23-20(29-2)31-17)24(21(25)28)12-16(26)22-11-15-5-4-10-30-15/h4-10H,3,11-12H2,1-2H3,(H,22,26). The van der Waals surface area contributed by atoms with E-state index in [1.165, 1.54) is 27.7 Å². The van der Waals surface area contributed by atoms with E-state index in [0.717, 1.165) is 21.4 Å². The number of aryl methyl sites for hydroxylation is 1. The second-order valence-electron chi connectivity index (χ2n) is 6.72. The van der Waals surface area contributed by atoms with Gasteiger partial charge in [0.15, 0.2) is 9.99 Å². The van der Waals surface area contributed by atoms with Crippen molar-refractivity contribution in [3.05, 3.63) is 73.1 Å². The van der Waals surface area contributed by atoms with Crippen LogP contribution in [0.5, 0.6) is 0 Å². The first-order valence-electron chi connectivity index (χ1n) is 9.60. The maximum atomic E-state index is 13.3. The van der Waals surface area contributed by atoms with E-state index in [1.54, 1.807) is 23.5 Å². The summed E-state index contributed by atoms with van der Waals surface area (Å²) in [5.41, 5.74) is 0.829. The maximum absolute atomic E-state index is 13.3. The lowest BCUT2D eigenvalue weighted by Gasteiger charge is -2.12. The van der Waals surface area contributed by atoms with Crippen LogP contribution in [-0.2, 0) is 24.3 Å². The summed E-state index contributed by atoms with van der Waals surface area (Å²) in [6.45, 7) is 2.21. The smallest absolute Gasteiger partial charge is 0.337 e. The van der Waals surface area contributed by atoms with Gasteiger partial charge in [-0.3, -0.25) is 14.2 Å². The number of rotatable bonds is 7. The van der Waals surface area contributed by atoms with Crippen molar-refractivity contribution in [3.8, 4) is 5.69 Å². The largest absolute Gasteiger partial charge is 0.350 e. The highest BCUT2D eigenvalue weighted by Crippen LogP contribution is 2.25. The number of benzene rings is 1. The Morgan fingerprint density at radius 1 is 1.19 bits per heavy atom. The van der Waals surface area contributed by atoms with Gasteiger partial charge in [0.1, 0.15) is 11.2 Å². The second kappa shape index (κ2) is 9.21. The molecular formula is C21H20N4O3S3. The quantitative estimate of drug-likeness (QED) is 0.417. The predicted octanol–water partition coefficient (Wildman–Crippen LogP) is 3.27. The van der Waals surface area contributed by atoms with E-state index in [4.69, 9.17) is 0 Å². The molecule has 7 nitrogen and oxygen atoms in total. The zero-order valence-electron chi connectivity index (χ0n) is 17.0. The zero-order chi connectivity index (χ0) is 22.0. The number of fused-ring (bicyclic) bond motifs is 1. The molecule has 0 saturated carbocycles. The lowest BCUT2D eigenvalue weighted by molar-refractivity contribution is -0.121. The molecule has 0 unspecified atom stereocenters. The van der Waals surface area contributed by atoms with Gasteiger partial charge in [-0.15, -0.1) is 22.7 Å². The van der Waals surface area contributed by atoms with E-state index in [2.05, 4.69) is 10.3 Å². The number of hydrogen-bond acceptors (Lipinski definition) is 7. The first-order chi connectivity index (χ1) is 15.0. The third-order valence-corrected chi connectivity index (χ3v) is 7.68. The molecule has 160 valence electrons. The van der Waals surface area contributed by atoms with Crippen molar-refractivity contribution >= 4 is 50.7 Å². The van der Waals surface area contributed by atoms with Crippen LogP contribution in [-0.4, -0.2) is 26.3 Å². The maximum Gasteiger partial charge on any atom is 0.337 e. The molecule has 1 amide bonds. The molecule has 1 N–H and O–H groups in total. The Bertz CT molecular complexity index is 1340. The average Bonchev–Trinajstić information content (AvgIpc) is 3.46. The van der Waals surface area contributed by atoms with E-state index >= 15 is 0 Å². The fourth-order valence-electron chi connectivity index (χ4n) is 3.15. The summed E-state index contributed by atoms with van der Waals surface area (Å²) in [6.07, 6.45) is 2.71. The van der Waals surface area contributed by atoms with Crippen molar-refractivity contribution in [2.45, 2.75) is 30.8 Å². The van der Waals surface area contributed by atoms with Gasteiger partial charge in [-0.1, -0.05) is 36.9 Å². The minimum Gasteiger partial charge on any atom is -0.350 e. The average molecular weight is 473 g/mol. The van der Waals surface area contributed by atoms with Crippen LogP contribution in [0.2, 0.25) is 0 Å². The molecule has 10 heteroatoms. The molecule has 0 atom stereocenters. The Labute approximate surface area is 190 Å². The summed E-state index contributed by atoms with van der Waals surface area (Å²) in [6, 6.07) is 11.1. The van der Waals surface area contributed by atoms with E-state index in [-0.39, 0.29) is 18.1 Å². The van der Waals surface area contributed by atoms with Gasteiger partial charge in [0, 0.05) is 4.88 Å². The molecule has 0 radical (unpaired) electrons. The van der Waals surface area contributed by atoms with Crippen LogP contribution in [0.25, 0.3) is 16.0 Å². The summed E-state index contributed by atoms with van der Waals surface area (Å²) in [5, 5.41) is 4.77. The van der Waals surface area contributed by atoms with Crippen LogP contribution in [0.15, 0.2) is 55.7 Å². The Hall–Kier alpha value is -2.69. The van der Waals surface area contributed by atoms with Crippen LogP contribution in [0.4, 0.5) is 0 Å². The summed E-state index contributed by atoms with van der Waals surface area (Å²) < 4.78 is 3.43. The van der Waals surface area contributed by atoms with E-state index in [1.807, 2.05) is 42.8 Å². The number of carbonyl (C=O) groups is 1. The summed E-state index contributed by atoms with van der Waals surface area (Å²) in [5.74, 6) is -0.318. The molecule has 3 heterocycles. The molecule has 3 aromatic heterocycles. The highest BCUT2D eigenvalue weighted by atomic mass is 32.2. The Balaban J connectivity index is 1.78. The van der Waals surface area contributed by atoms with Crippen molar-refractivity contribution in [3.63, 3.8) is 0 Å². The van der Waals surface area contributed by atoms with Gasteiger partial charge < -0.3 is 5.32 Å². The summed E-state index contributed by atoms with van der Waals surface area (Å²) >= 11 is 4.17. The van der Waals surface area contributed by atoms with Crippen molar-refractivity contribution < 1.29 is 4.79 Å². The van der Waals surface area contributed by atoms with Crippen molar-refractivity contribution in [2.75, 3.05) is 6.26 Å². The van der Waals surface area contributed by atoms with Crippen LogP contribution >= 0.6 is 34.4 Å². The third-order valence-electron chi connectivity index (χ3n) is 4.78. The van der Waals surface area contributed by atoms with Crippen molar-refractivity contribution in [1.29, 1.82) is 0 Å². The van der Waals surface area contributed by atoms with E-state index < -0.39 is 11.2 Å². The number of thioether (sulfide) groups is 1. The SMILES string of the molecule is CCc1ccc(-n2c(=O)c3sc(SC)nc3n(CC(=O)NCc3cccs3)c2=O)cc1. The number of nitrogens with one attached hydrogen (secondary N) is 1.